The maximum absolute atomic E-state index is 12.2. The SMILES string of the molecule is O=S(=O)(C(F)F)N1CCCC2CC21. The maximum atomic E-state index is 12.2. The van der Waals surface area contributed by atoms with Gasteiger partial charge in [-0.15, -0.1) is 0 Å². The summed E-state index contributed by atoms with van der Waals surface area (Å²) in [6.07, 6.45) is 2.47. The molecule has 0 aromatic rings. The number of piperidine rings is 1. The predicted octanol–water partition coefficient (Wildman–Crippen LogP) is 1.02. The number of alkyl halides is 2. The summed E-state index contributed by atoms with van der Waals surface area (Å²) in [7, 11) is -4.31. The zero-order valence-electron chi connectivity index (χ0n) is 6.99. The third kappa shape index (κ3) is 1.46. The summed E-state index contributed by atoms with van der Waals surface area (Å²) >= 11 is 0. The highest BCUT2D eigenvalue weighted by molar-refractivity contribution is 7.89. The standard InChI is InChI=1S/C7H11F2NO2S/c8-7(9)13(11,12)10-3-1-2-5-4-6(5)10/h5-7H,1-4H2. The first kappa shape index (κ1) is 9.33. The molecule has 0 radical (unpaired) electrons. The Hall–Kier alpha value is -0.230. The van der Waals surface area contributed by atoms with Gasteiger partial charge in [-0.3, -0.25) is 0 Å². The second-order valence-corrected chi connectivity index (χ2v) is 5.48. The van der Waals surface area contributed by atoms with E-state index in [0.29, 0.717) is 12.3 Å². The first-order valence-corrected chi connectivity index (χ1v) is 5.82. The van der Waals surface area contributed by atoms with Crippen molar-refractivity contribution in [2.45, 2.75) is 31.1 Å². The van der Waals surface area contributed by atoms with Gasteiger partial charge < -0.3 is 0 Å². The molecule has 2 fully saturated rings. The molecule has 6 heteroatoms. The van der Waals surface area contributed by atoms with Gasteiger partial charge in [-0.2, -0.15) is 13.1 Å². The highest BCUT2D eigenvalue weighted by Crippen LogP contribution is 2.44. The van der Waals surface area contributed by atoms with Crippen molar-refractivity contribution in [2.24, 2.45) is 5.92 Å². The minimum atomic E-state index is -4.31. The molecule has 13 heavy (non-hydrogen) atoms. The summed E-state index contributed by atoms with van der Waals surface area (Å²) in [6, 6.07) is -0.118. The second kappa shape index (κ2) is 2.88. The summed E-state index contributed by atoms with van der Waals surface area (Å²) in [5, 5.41) is 0. The monoisotopic (exact) mass is 211 g/mol. The van der Waals surface area contributed by atoms with Crippen molar-refractivity contribution in [3.63, 3.8) is 0 Å². The van der Waals surface area contributed by atoms with E-state index in [0.717, 1.165) is 17.1 Å². The van der Waals surface area contributed by atoms with Gasteiger partial charge in [0.25, 0.3) is 10.0 Å². The molecule has 0 N–H and O–H groups in total. The maximum Gasteiger partial charge on any atom is 0.350 e. The van der Waals surface area contributed by atoms with Crippen LogP contribution in [0, 0.1) is 5.92 Å². The van der Waals surface area contributed by atoms with E-state index in [2.05, 4.69) is 0 Å². The molecule has 76 valence electrons. The summed E-state index contributed by atoms with van der Waals surface area (Å²) in [5.74, 6) is -2.91. The first-order valence-electron chi connectivity index (χ1n) is 4.32. The number of hydrogen-bond donors (Lipinski definition) is 0. The average Bonchev–Trinajstić information content (AvgIpc) is 2.80. The first-order chi connectivity index (χ1) is 6.03. The predicted molar refractivity (Wildman–Crippen MR) is 42.8 cm³/mol. The van der Waals surface area contributed by atoms with Crippen molar-refractivity contribution in [3.8, 4) is 0 Å². The van der Waals surface area contributed by atoms with Crippen LogP contribution in [0.2, 0.25) is 0 Å². The van der Waals surface area contributed by atoms with Crippen LogP contribution < -0.4 is 0 Å². The Kier molecular flexibility index (Phi) is 2.07. The zero-order chi connectivity index (χ0) is 9.64. The molecule has 1 heterocycles. The van der Waals surface area contributed by atoms with E-state index < -0.39 is 15.8 Å². The van der Waals surface area contributed by atoms with Crippen LogP contribution in [0.15, 0.2) is 0 Å². The molecule has 0 bridgehead atoms. The Bertz CT molecular complexity index is 304. The minimum Gasteiger partial charge on any atom is -0.206 e. The fourth-order valence-electron chi connectivity index (χ4n) is 1.99. The van der Waals surface area contributed by atoms with Gasteiger partial charge in [-0.1, -0.05) is 0 Å². The lowest BCUT2D eigenvalue weighted by Gasteiger charge is -2.25. The van der Waals surface area contributed by atoms with Crippen molar-refractivity contribution in [1.29, 1.82) is 0 Å². The Labute approximate surface area is 75.8 Å². The van der Waals surface area contributed by atoms with Crippen molar-refractivity contribution < 1.29 is 17.2 Å². The van der Waals surface area contributed by atoms with Gasteiger partial charge in [-0.05, 0) is 25.2 Å². The van der Waals surface area contributed by atoms with Gasteiger partial charge >= 0.3 is 5.76 Å². The molecule has 0 spiro atoms. The number of fused-ring (bicyclic) bond motifs is 1. The summed E-state index contributed by atoms with van der Waals surface area (Å²) in [4.78, 5) is 0. The molecule has 0 amide bonds. The molecule has 0 aromatic heterocycles. The highest BCUT2D eigenvalue weighted by atomic mass is 32.2. The van der Waals surface area contributed by atoms with Crippen molar-refractivity contribution in [1.82, 2.24) is 4.31 Å². The van der Waals surface area contributed by atoms with E-state index in [1.165, 1.54) is 0 Å². The Morgan fingerprint density at radius 3 is 2.69 bits per heavy atom. The lowest BCUT2D eigenvalue weighted by molar-refractivity contribution is 0.211. The van der Waals surface area contributed by atoms with Crippen LogP contribution in [0.4, 0.5) is 8.78 Å². The fourth-order valence-corrected chi connectivity index (χ4v) is 3.21. The van der Waals surface area contributed by atoms with E-state index in [1.807, 2.05) is 0 Å². The Morgan fingerprint density at radius 1 is 1.38 bits per heavy atom. The van der Waals surface area contributed by atoms with Crippen molar-refractivity contribution >= 4 is 10.0 Å². The van der Waals surface area contributed by atoms with Crippen molar-refractivity contribution in [2.75, 3.05) is 6.54 Å². The number of hydrogen-bond acceptors (Lipinski definition) is 2. The average molecular weight is 211 g/mol. The third-order valence-electron chi connectivity index (χ3n) is 2.76. The molecule has 3 nitrogen and oxygen atoms in total. The van der Waals surface area contributed by atoms with Crippen LogP contribution >= 0.6 is 0 Å². The molecular weight excluding hydrogens is 200 g/mol. The lowest BCUT2D eigenvalue weighted by Crippen LogP contribution is -2.40. The van der Waals surface area contributed by atoms with Gasteiger partial charge in [0.05, 0.1) is 0 Å². The number of rotatable bonds is 2. The van der Waals surface area contributed by atoms with Gasteiger partial charge in [0.2, 0.25) is 0 Å². The third-order valence-corrected chi connectivity index (χ3v) is 4.32. The van der Waals surface area contributed by atoms with E-state index >= 15 is 0 Å². The molecule has 2 rings (SSSR count). The van der Waals surface area contributed by atoms with Gasteiger partial charge in [0.15, 0.2) is 0 Å². The molecule has 0 aromatic carbocycles. The highest BCUT2D eigenvalue weighted by Gasteiger charge is 2.50. The van der Waals surface area contributed by atoms with Crippen LogP contribution in [0.3, 0.4) is 0 Å². The Balaban J connectivity index is 2.16. The van der Waals surface area contributed by atoms with Crippen LogP contribution in [0.1, 0.15) is 19.3 Å². The topological polar surface area (TPSA) is 37.4 Å². The van der Waals surface area contributed by atoms with Gasteiger partial charge in [0.1, 0.15) is 0 Å². The van der Waals surface area contributed by atoms with Gasteiger partial charge in [0, 0.05) is 12.6 Å². The molecular formula is C7H11F2NO2S. The van der Waals surface area contributed by atoms with Crippen LogP contribution in [0.25, 0.3) is 0 Å². The second-order valence-electron chi connectivity index (χ2n) is 3.62. The molecule has 1 aliphatic heterocycles. The molecule has 1 saturated heterocycles. The number of nitrogens with zero attached hydrogens (tertiary/aromatic N) is 1. The summed E-state index contributed by atoms with van der Waals surface area (Å²) in [6.45, 7) is 0.272. The smallest absolute Gasteiger partial charge is 0.206 e. The Morgan fingerprint density at radius 2 is 2.08 bits per heavy atom. The number of halogens is 2. The fraction of sp³-hybridized carbons (Fsp3) is 1.00. The normalized spacial score (nSPS) is 34.7. The minimum absolute atomic E-state index is 0.118. The van der Waals surface area contributed by atoms with E-state index in [-0.39, 0.29) is 12.6 Å². The quantitative estimate of drug-likeness (QED) is 0.684. The van der Waals surface area contributed by atoms with E-state index in [4.69, 9.17) is 0 Å². The molecule has 2 unspecified atom stereocenters. The largest absolute Gasteiger partial charge is 0.350 e. The van der Waals surface area contributed by atoms with E-state index in [1.54, 1.807) is 0 Å². The summed E-state index contributed by atoms with van der Waals surface area (Å²) < 4.78 is 47.5. The molecule has 2 aliphatic rings. The van der Waals surface area contributed by atoms with Crippen LogP contribution in [-0.2, 0) is 10.0 Å². The lowest BCUT2D eigenvalue weighted by atomic mass is 10.2. The van der Waals surface area contributed by atoms with Gasteiger partial charge in [-0.25, -0.2) is 8.42 Å². The molecule has 1 aliphatic carbocycles. The molecule has 1 saturated carbocycles. The number of sulfonamides is 1. The molecule has 2 atom stereocenters. The van der Waals surface area contributed by atoms with E-state index in [9.17, 15) is 17.2 Å². The van der Waals surface area contributed by atoms with Crippen LogP contribution in [0.5, 0.6) is 0 Å². The summed E-state index contributed by atoms with van der Waals surface area (Å²) in [5.41, 5.74) is 0. The van der Waals surface area contributed by atoms with Crippen LogP contribution in [-0.4, -0.2) is 31.1 Å². The van der Waals surface area contributed by atoms with Crippen molar-refractivity contribution in [3.05, 3.63) is 0 Å². The zero-order valence-corrected chi connectivity index (χ0v) is 7.80.